The van der Waals surface area contributed by atoms with Gasteiger partial charge in [-0.05, 0) is 37.3 Å². The number of hydrogen-bond acceptors (Lipinski definition) is 6. The van der Waals surface area contributed by atoms with Crippen molar-refractivity contribution >= 4 is 38.7 Å². The second-order valence-corrected chi connectivity index (χ2v) is 7.49. The van der Waals surface area contributed by atoms with Crippen molar-refractivity contribution in [1.29, 1.82) is 0 Å². The van der Waals surface area contributed by atoms with E-state index in [1.54, 1.807) is 6.07 Å². The SMILES string of the molecule is Nc1c(C(=O)c2cccc([N+](=O)[O-])c2)sc2nc3c(cc12)CCCCC3. The lowest BCUT2D eigenvalue weighted by atomic mass is 10.0. The van der Waals surface area contributed by atoms with Crippen LogP contribution in [0, 0.1) is 10.1 Å². The quantitative estimate of drug-likeness (QED) is 0.322. The van der Waals surface area contributed by atoms with Crippen LogP contribution in [-0.2, 0) is 12.8 Å². The molecule has 0 amide bonds. The Kier molecular flexibility index (Phi) is 4.16. The van der Waals surface area contributed by atoms with Crippen molar-refractivity contribution in [3.8, 4) is 0 Å². The smallest absolute Gasteiger partial charge is 0.270 e. The fraction of sp³-hybridized carbons (Fsp3) is 0.263. The second-order valence-electron chi connectivity index (χ2n) is 6.49. The third kappa shape index (κ3) is 2.84. The number of thiophene rings is 1. The van der Waals surface area contributed by atoms with Crippen LogP contribution in [0.1, 0.15) is 45.8 Å². The molecule has 7 heteroatoms. The van der Waals surface area contributed by atoms with Gasteiger partial charge in [0.25, 0.3) is 5.69 Å². The maximum absolute atomic E-state index is 12.9. The number of hydrogen-bond donors (Lipinski definition) is 1. The molecule has 3 aromatic rings. The lowest BCUT2D eigenvalue weighted by Crippen LogP contribution is -2.03. The highest BCUT2D eigenvalue weighted by Gasteiger charge is 2.22. The van der Waals surface area contributed by atoms with Crippen LogP contribution in [0.2, 0.25) is 0 Å². The average Bonchev–Trinajstić information content (AvgIpc) is 2.82. The number of carbonyl (C=O) groups is 1. The van der Waals surface area contributed by atoms with Crippen molar-refractivity contribution in [1.82, 2.24) is 4.98 Å². The van der Waals surface area contributed by atoms with Gasteiger partial charge in [-0.2, -0.15) is 0 Å². The number of pyridine rings is 1. The molecular weight excluding hydrogens is 350 g/mol. The number of rotatable bonds is 3. The van der Waals surface area contributed by atoms with Crippen molar-refractivity contribution < 1.29 is 9.72 Å². The number of anilines is 1. The second kappa shape index (κ2) is 6.49. The summed E-state index contributed by atoms with van der Waals surface area (Å²) in [6, 6.07) is 7.80. The van der Waals surface area contributed by atoms with Crippen LogP contribution >= 0.6 is 11.3 Å². The Morgan fingerprint density at radius 3 is 2.81 bits per heavy atom. The number of nitrogens with two attached hydrogens (primary N) is 1. The molecule has 0 radical (unpaired) electrons. The number of carbonyl (C=O) groups excluding carboxylic acids is 1. The van der Waals surface area contributed by atoms with Gasteiger partial charge in [0.1, 0.15) is 9.71 Å². The van der Waals surface area contributed by atoms with E-state index >= 15 is 0 Å². The Bertz CT molecular complexity index is 1040. The Morgan fingerprint density at radius 1 is 1.19 bits per heavy atom. The number of nitrogen functional groups attached to an aromatic ring is 1. The van der Waals surface area contributed by atoms with Crippen molar-refractivity contribution in [2.45, 2.75) is 32.1 Å². The molecule has 0 saturated heterocycles. The molecule has 0 unspecified atom stereocenters. The summed E-state index contributed by atoms with van der Waals surface area (Å²) in [5, 5.41) is 11.8. The predicted molar refractivity (Wildman–Crippen MR) is 102 cm³/mol. The number of nitrogens with zero attached hydrogens (tertiary/aromatic N) is 2. The maximum Gasteiger partial charge on any atom is 0.270 e. The van der Waals surface area contributed by atoms with E-state index in [1.165, 1.54) is 41.5 Å². The minimum Gasteiger partial charge on any atom is -0.397 e. The van der Waals surface area contributed by atoms with Gasteiger partial charge in [0, 0.05) is 28.8 Å². The summed E-state index contributed by atoms with van der Waals surface area (Å²) in [6.07, 6.45) is 5.42. The molecule has 0 aliphatic heterocycles. The van der Waals surface area contributed by atoms with Crippen molar-refractivity contribution in [3.05, 3.63) is 62.1 Å². The van der Waals surface area contributed by atoms with E-state index in [-0.39, 0.29) is 17.0 Å². The maximum atomic E-state index is 12.9. The highest BCUT2D eigenvalue weighted by Crippen LogP contribution is 2.36. The number of nitro benzene ring substituents is 1. The zero-order valence-corrected chi connectivity index (χ0v) is 14.8. The van der Waals surface area contributed by atoms with Crippen LogP contribution in [0.4, 0.5) is 11.4 Å². The first kappa shape index (κ1) is 16.7. The van der Waals surface area contributed by atoms with Gasteiger partial charge < -0.3 is 5.73 Å². The number of aromatic nitrogens is 1. The summed E-state index contributed by atoms with van der Waals surface area (Å²) in [4.78, 5) is 29.2. The van der Waals surface area contributed by atoms with Crippen LogP contribution in [0.3, 0.4) is 0 Å². The first-order valence-corrected chi connectivity index (χ1v) is 9.36. The van der Waals surface area contributed by atoms with Gasteiger partial charge in [-0.1, -0.05) is 18.6 Å². The molecule has 6 nitrogen and oxygen atoms in total. The molecule has 0 spiro atoms. The molecule has 1 aliphatic rings. The molecule has 0 atom stereocenters. The summed E-state index contributed by atoms with van der Waals surface area (Å²) in [6.45, 7) is 0. The Hall–Kier alpha value is -2.80. The van der Waals surface area contributed by atoms with Gasteiger partial charge in [-0.3, -0.25) is 14.9 Å². The van der Waals surface area contributed by atoms with Crippen LogP contribution in [0.5, 0.6) is 0 Å². The van der Waals surface area contributed by atoms with Crippen molar-refractivity contribution in [3.63, 3.8) is 0 Å². The molecule has 26 heavy (non-hydrogen) atoms. The zero-order valence-electron chi connectivity index (χ0n) is 14.0. The highest BCUT2D eigenvalue weighted by molar-refractivity contribution is 7.21. The van der Waals surface area contributed by atoms with Crippen LogP contribution in [0.25, 0.3) is 10.2 Å². The fourth-order valence-corrected chi connectivity index (χ4v) is 4.46. The lowest BCUT2D eigenvalue weighted by molar-refractivity contribution is -0.384. The van der Waals surface area contributed by atoms with Gasteiger partial charge >= 0.3 is 0 Å². The van der Waals surface area contributed by atoms with Crippen LogP contribution in [-0.4, -0.2) is 15.7 Å². The molecule has 1 aliphatic carbocycles. The van der Waals surface area contributed by atoms with Gasteiger partial charge in [0.15, 0.2) is 0 Å². The molecule has 0 fully saturated rings. The number of benzene rings is 1. The van der Waals surface area contributed by atoms with E-state index < -0.39 is 4.92 Å². The highest BCUT2D eigenvalue weighted by atomic mass is 32.1. The van der Waals surface area contributed by atoms with E-state index in [4.69, 9.17) is 10.7 Å². The van der Waals surface area contributed by atoms with Gasteiger partial charge in [-0.25, -0.2) is 4.98 Å². The van der Waals surface area contributed by atoms with E-state index in [2.05, 4.69) is 6.07 Å². The molecule has 1 aromatic carbocycles. The Labute approximate surface area is 153 Å². The number of non-ortho nitro benzene ring substituents is 1. The molecule has 2 N–H and O–H groups in total. The molecule has 132 valence electrons. The third-order valence-corrected chi connectivity index (χ3v) is 5.89. The summed E-state index contributed by atoms with van der Waals surface area (Å²) < 4.78 is 0. The van der Waals surface area contributed by atoms with Crippen molar-refractivity contribution in [2.24, 2.45) is 0 Å². The minimum absolute atomic E-state index is 0.111. The van der Waals surface area contributed by atoms with Crippen LogP contribution in [0.15, 0.2) is 30.3 Å². The van der Waals surface area contributed by atoms with E-state index in [0.717, 1.165) is 41.6 Å². The average molecular weight is 367 g/mol. The number of ketones is 1. The van der Waals surface area contributed by atoms with Crippen molar-refractivity contribution in [2.75, 3.05) is 5.73 Å². The van der Waals surface area contributed by atoms with Gasteiger partial charge in [0.2, 0.25) is 5.78 Å². The first-order valence-electron chi connectivity index (χ1n) is 8.54. The molecule has 2 heterocycles. The van der Waals surface area contributed by atoms with Crippen LogP contribution < -0.4 is 5.73 Å². The third-order valence-electron chi connectivity index (χ3n) is 4.77. The molecular formula is C19H17N3O3S. The van der Waals surface area contributed by atoms with E-state index in [9.17, 15) is 14.9 Å². The normalized spacial score (nSPS) is 14.0. The van der Waals surface area contributed by atoms with E-state index in [1.807, 2.05) is 0 Å². The summed E-state index contributed by atoms with van der Waals surface area (Å²) in [5.74, 6) is -0.301. The lowest BCUT2D eigenvalue weighted by Gasteiger charge is -2.04. The topological polar surface area (TPSA) is 99.1 Å². The predicted octanol–water partition coefficient (Wildman–Crippen LogP) is 4.29. The largest absolute Gasteiger partial charge is 0.397 e. The minimum atomic E-state index is -0.510. The Morgan fingerprint density at radius 2 is 2.00 bits per heavy atom. The molecule has 2 aromatic heterocycles. The molecule has 0 saturated carbocycles. The Balaban J connectivity index is 1.79. The zero-order chi connectivity index (χ0) is 18.3. The first-order chi connectivity index (χ1) is 12.5. The number of nitro groups is 1. The van der Waals surface area contributed by atoms with Gasteiger partial charge in [0.05, 0.1) is 10.6 Å². The summed E-state index contributed by atoms with van der Waals surface area (Å²) in [5.41, 5.74) is 9.15. The monoisotopic (exact) mass is 367 g/mol. The summed E-state index contributed by atoms with van der Waals surface area (Å²) in [7, 11) is 0. The number of aryl methyl sites for hydroxylation is 2. The van der Waals surface area contributed by atoms with Gasteiger partial charge in [-0.15, -0.1) is 11.3 Å². The molecule has 0 bridgehead atoms. The standard InChI is InChI=1S/C19H17N3O3S/c20-16-14-10-11-5-2-1-3-8-15(11)21-19(14)26-18(16)17(23)12-6-4-7-13(9-12)22(24)25/h4,6-7,9-10H,1-3,5,8,20H2. The summed E-state index contributed by atoms with van der Waals surface area (Å²) >= 11 is 1.27. The fourth-order valence-electron chi connectivity index (χ4n) is 3.40. The molecule has 4 rings (SSSR count). The van der Waals surface area contributed by atoms with E-state index in [0.29, 0.717) is 10.6 Å². The number of fused-ring (bicyclic) bond motifs is 2.